The quantitative estimate of drug-likeness (QED) is 0.686. The molecule has 1 unspecified atom stereocenters. The minimum Gasteiger partial charge on any atom is -0.378 e. The summed E-state index contributed by atoms with van der Waals surface area (Å²) in [6.07, 6.45) is 6.62. The smallest absolute Gasteiger partial charge is 0.227 e. The van der Waals surface area contributed by atoms with Crippen molar-refractivity contribution in [2.24, 2.45) is 0 Å². The molecule has 3 aromatic rings. The molecular formula is C22H30N8O. The lowest BCUT2D eigenvalue weighted by atomic mass is 9.92. The number of hydrogen-bond donors (Lipinski definition) is 1. The van der Waals surface area contributed by atoms with Gasteiger partial charge in [0.2, 0.25) is 5.95 Å². The van der Waals surface area contributed by atoms with E-state index in [0.29, 0.717) is 6.04 Å². The number of morpholine rings is 1. The van der Waals surface area contributed by atoms with Crippen LogP contribution in [0.4, 0.5) is 17.6 Å². The molecule has 2 saturated heterocycles. The third-order valence-electron chi connectivity index (χ3n) is 5.91. The number of nitrogens with one attached hydrogen (secondary N) is 1. The summed E-state index contributed by atoms with van der Waals surface area (Å²) in [5, 5.41) is 8.36. The van der Waals surface area contributed by atoms with E-state index in [1.54, 1.807) is 0 Å². The molecule has 0 saturated carbocycles. The van der Waals surface area contributed by atoms with Crippen LogP contribution in [-0.2, 0) is 10.2 Å². The van der Waals surface area contributed by atoms with Crippen LogP contribution in [0.25, 0.3) is 5.52 Å². The first-order valence-corrected chi connectivity index (χ1v) is 11.0. The first-order chi connectivity index (χ1) is 15.0. The van der Waals surface area contributed by atoms with Gasteiger partial charge in [-0.15, -0.1) is 0 Å². The van der Waals surface area contributed by atoms with Crippen molar-refractivity contribution in [3.05, 3.63) is 36.4 Å². The third-order valence-corrected chi connectivity index (χ3v) is 5.91. The van der Waals surface area contributed by atoms with E-state index in [4.69, 9.17) is 19.8 Å². The van der Waals surface area contributed by atoms with Gasteiger partial charge in [0.15, 0.2) is 5.82 Å². The molecule has 5 heterocycles. The fourth-order valence-corrected chi connectivity index (χ4v) is 4.14. The van der Waals surface area contributed by atoms with Gasteiger partial charge in [-0.3, -0.25) is 0 Å². The third kappa shape index (κ3) is 4.14. The molecule has 0 aromatic carbocycles. The number of hydrogen-bond acceptors (Lipinski definition) is 8. The zero-order valence-electron chi connectivity index (χ0n) is 18.5. The van der Waals surface area contributed by atoms with E-state index in [0.717, 1.165) is 74.6 Å². The lowest BCUT2D eigenvalue weighted by Crippen LogP contribution is -2.37. The molecule has 9 nitrogen and oxygen atoms in total. The molecule has 2 aliphatic heterocycles. The van der Waals surface area contributed by atoms with Crippen molar-refractivity contribution in [2.75, 3.05) is 54.5 Å². The second kappa shape index (κ2) is 7.96. The Bertz CT molecular complexity index is 1050. The van der Waals surface area contributed by atoms with Crippen molar-refractivity contribution >= 4 is 23.1 Å². The number of ether oxygens (including phenoxy) is 1. The van der Waals surface area contributed by atoms with Crippen LogP contribution < -0.4 is 15.1 Å². The molecule has 3 aromatic heterocycles. The zero-order valence-corrected chi connectivity index (χ0v) is 18.5. The highest BCUT2D eigenvalue weighted by atomic mass is 16.5. The SMILES string of the molecule is CC(C)(C)c1cc2c(N3CCC(Nc4ccnc(N5CCOCC5)n4)C3)nccn2n1. The summed E-state index contributed by atoms with van der Waals surface area (Å²) in [4.78, 5) is 18.4. The van der Waals surface area contributed by atoms with Gasteiger partial charge in [0.1, 0.15) is 11.3 Å². The summed E-state index contributed by atoms with van der Waals surface area (Å²) >= 11 is 0. The summed E-state index contributed by atoms with van der Waals surface area (Å²) in [5.74, 6) is 2.63. The van der Waals surface area contributed by atoms with E-state index in [-0.39, 0.29) is 5.41 Å². The number of rotatable bonds is 4. The van der Waals surface area contributed by atoms with Gasteiger partial charge in [0.25, 0.3) is 0 Å². The predicted octanol–water partition coefficient (Wildman–Crippen LogP) is 2.34. The Balaban J connectivity index is 1.30. The van der Waals surface area contributed by atoms with Crippen molar-refractivity contribution in [2.45, 2.75) is 38.6 Å². The maximum Gasteiger partial charge on any atom is 0.227 e. The van der Waals surface area contributed by atoms with E-state index >= 15 is 0 Å². The first kappa shape index (κ1) is 20.0. The van der Waals surface area contributed by atoms with Gasteiger partial charge in [-0.1, -0.05) is 20.8 Å². The minimum atomic E-state index is 0.00357. The van der Waals surface area contributed by atoms with Crippen molar-refractivity contribution in [3.8, 4) is 0 Å². The fraction of sp³-hybridized carbons (Fsp3) is 0.545. The Morgan fingerprint density at radius 1 is 1.06 bits per heavy atom. The average Bonchev–Trinajstić information content (AvgIpc) is 3.41. The van der Waals surface area contributed by atoms with E-state index in [1.165, 1.54) is 0 Å². The molecule has 0 amide bonds. The summed E-state index contributed by atoms with van der Waals surface area (Å²) in [6, 6.07) is 4.42. The molecule has 1 atom stereocenters. The highest BCUT2D eigenvalue weighted by molar-refractivity contribution is 5.70. The van der Waals surface area contributed by atoms with Crippen molar-refractivity contribution in [1.29, 1.82) is 0 Å². The van der Waals surface area contributed by atoms with E-state index in [2.05, 4.69) is 46.9 Å². The molecule has 0 aliphatic carbocycles. The van der Waals surface area contributed by atoms with Gasteiger partial charge in [0, 0.05) is 56.2 Å². The second-order valence-corrected chi connectivity index (χ2v) is 9.28. The van der Waals surface area contributed by atoms with E-state index in [9.17, 15) is 0 Å². The molecule has 0 radical (unpaired) electrons. The molecule has 31 heavy (non-hydrogen) atoms. The van der Waals surface area contributed by atoms with Gasteiger partial charge in [-0.2, -0.15) is 10.1 Å². The Kier molecular flexibility index (Phi) is 5.13. The van der Waals surface area contributed by atoms with Crippen molar-refractivity contribution in [1.82, 2.24) is 24.6 Å². The number of anilines is 3. The number of nitrogens with zero attached hydrogens (tertiary/aromatic N) is 7. The Hall–Kier alpha value is -2.94. The van der Waals surface area contributed by atoms with Crippen LogP contribution in [0.15, 0.2) is 30.7 Å². The summed E-state index contributed by atoms with van der Waals surface area (Å²) < 4.78 is 7.38. The summed E-state index contributed by atoms with van der Waals surface area (Å²) in [6.45, 7) is 11.5. The monoisotopic (exact) mass is 422 g/mol. The highest BCUT2D eigenvalue weighted by Crippen LogP contribution is 2.28. The van der Waals surface area contributed by atoms with Crippen molar-refractivity contribution < 1.29 is 4.74 Å². The highest BCUT2D eigenvalue weighted by Gasteiger charge is 2.27. The van der Waals surface area contributed by atoms with Crippen molar-refractivity contribution in [3.63, 3.8) is 0 Å². The zero-order chi connectivity index (χ0) is 21.4. The molecule has 2 fully saturated rings. The molecule has 0 spiro atoms. The van der Waals surface area contributed by atoms with Gasteiger partial charge in [0.05, 0.1) is 18.9 Å². The Labute approximate surface area is 182 Å². The van der Waals surface area contributed by atoms with E-state index < -0.39 is 0 Å². The second-order valence-electron chi connectivity index (χ2n) is 9.28. The lowest BCUT2D eigenvalue weighted by molar-refractivity contribution is 0.122. The van der Waals surface area contributed by atoms with Crippen LogP contribution >= 0.6 is 0 Å². The van der Waals surface area contributed by atoms with Crippen LogP contribution in [0.2, 0.25) is 0 Å². The topological polar surface area (TPSA) is 83.7 Å². The van der Waals surface area contributed by atoms with Gasteiger partial charge >= 0.3 is 0 Å². The number of aromatic nitrogens is 5. The fourth-order valence-electron chi connectivity index (χ4n) is 4.14. The van der Waals surface area contributed by atoms with Crippen LogP contribution in [0.5, 0.6) is 0 Å². The Morgan fingerprint density at radius 2 is 1.90 bits per heavy atom. The minimum absolute atomic E-state index is 0.00357. The van der Waals surface area contributed by atoms with Crippen LogP contribution in [-0.4, -0.2) is 70.0 Å². The summed E-state index contributed by atoms with van der Waals surface area (Å²) in [5.41, 5.74) is 2.14. The first-order valence-electron chi connectivity index (χ1n) is 11.0. The molecule has 2 aliphatic rings. The molecular weight excluding hydrogens is 392 g/mol. The average molecular weight is 423 g/mol. The van der Waals surface area contributed by atoms with Crippen LogP contribution in [0.1, 0.15) is 32.9 Å². The van der Waals surface area contributed by atoms with Crippen LogP contribution in [0.3, 0.4) is 0 Å². The van der Waals surface area contributed by atoms with Gasteiger partial charge in [-0.25, -0.2) is 14.5 Å². The largest absolute Gasteiger partial charge is 0.378 e. The normalized spacial score (nSPS) is 19.9. The standard InChI is InChI=1S/C22H30N8O/c1-22(2,3)18-14-17-20(23-7-9-30(17)27-18)29-8-5-16(15-29)25-19-4-6-24-21(26-19)28-10-12-31-13-11-28/h4,6-7,9,14,16H,5,8,10-13,15H2,1-3H3,(H,24,25,26). The van der Waals surface area contributed by atoms with E-state index in [1.807, 2.05) is 29.2 Å². The van der Waals surface area contributed by atoms with Crippen LogP contribution in [0, 0.1) is 0 Å². The van der Waals surface area contributed by atoms with Gasteiger partial charge in [-0.05, 0) is 18.6 Å². The molecule has 9 heteroatoms. The maximum absolute atomic E-state index is 5.43. The molecule has 164 valence electrons. The van der Waals surface area contributed by atoms with Gasteiger partial charge < -0.3 is 19.9 Å². The Morgan fingerprint density at radius 3 is 2.71 bits per heavy atom. The lowest BCUT2D eigenvalue weighted by Gasteiger charge is -2.27. The molecule has 1 N–H and O–H groups in total. The maximum atomic E-state index is 5.43. The summed E-state index contributed by atoms with van der Waals surface area (Å²) in [7, 11) is 0. The molecule has 0 bridgehead atoms. The predicted molar refractivity (Wildman–Crippen MR) is 121 cm³/mol. The number of fused-ring (bicyclic) bond motifs is 1. The molecule has 5 rings (SSSR count).